The van der Waals surface area contributed by atoms with Crippen molar-refractivity contribution in [2.45, 2.75) is 32.4 Å². The number of rotatable bonds is 5. The summed E-state index contributed by atoms with van der Waals surface area (Å²) in [6.07, 6.45) is 1.09. The SMILES string of the molecule is Cc1ccc2cc(C(=O)N[C@H](C)CO[C@H]3CCOC3)ccc2n1. The molecule has 1 aromatic carbocycles. The Morgan fingerprint density at radius 1 is 1.43 bits per heavy atom. The van der Waals surface area contributed by atoms with Crippen molar-refractivity contribution >= 4 is 16.8 Å². The molecule has 1 aliphatic heterocycles. The van der Waals surface area contributed by atoms with Crippen molar-refractivity contribution in [2.24, 2.45) is 0 Å². The van der Waals surface area contributed by atoms with Crippen LogP contribution in [0.3, 0.4) is 0 Å². The Morgan fingerprint density at radius 3 is 3.09 bits per heavy atom. The molecule has 0 radical (unpaired) electrons. The second-order valence-corrected chi connectivity index (χ2v) is 6.05. The largest absolute Gasteiger partial charge is 0.379 e. The van der Waals surface area contributed by atoms with Crippen LogP contribution in [0.1, 0.15) is 29.4 Å². The molecule has 1 amide bonds. The van der Waals surface area contributed by atoms with E-state index in [1.807, 2.05) is 44.2 Å². The first-order valence-corrected chi connectivity index (χ1v) is 7.99. The van der Waals surface area contributed by atoms with Gasteiger partial charge in [0.15, 0.2) is 0 Å². The minimum Gasteiger partial charge on any atom is -0.379 e. The Bertz CT molecular complexity index is 696. The fourth-order valence-electron chi connectivity index (χ4n) is 2.64. The number of aryl methyl sites for hydroxylation is 1. The number of pyridine rings is 1. The van der Waals surface area contributed by atoms with Crippen molar-refractivity contribution < 1.29 is 14.3 Å². The molecular formula is C18H22N2O3. The van der Waals surface area contributed by atoms with Gasteiger partial charge in [0.2, 0.25) is 0 Å². The second-order valence-electron chi connectivity index (χ2n) is 6.05. The number of fused-ring (bicyclic) bond motifs is 1. The predicted octanol–water partition coefficient (Wildman–Crippen LogP) is 2.47. The molecule has 122 valence electrons. The summed E-state index contributed by atoms with van der Waals surface area (Å²) in [7, 11) is 0. The van der Waals surface area contributed by atoms with Crippen LogP contribution in [0.25, 0.3) is 10.9 Å². The molecule has 3 rings (SSSR count). The molecule has 1 saturated heterocycles. The van der Waals surface area contributed by atoms with Crippen LogP contribution in [0.5, 0.6) is 0 Å². The molecule has 2 heterocycles. The summed E-state index contributed by atoms with van der Waals surface area (Å²) >= 11 is 0. The average Bonchev–Trinajstić information content (AvgIpc) is 3.05. The summed E-state index contributed by atoms with van der Waals surface area (Å²) in [5.41, 5.74) is 2.51. The van der Waals surface area contributed by atoms with E-state index in [1.54, 1.807) is 0 Å². The number of aromatic nitrogens is 1. The van der Waals surface area contributed by atoms with E-state index < -0.39 is 0 Å². The number of ether oxygens (including phenoxy) is 2. The number of hydrogen-bond acceptors (Lipinski definition) is 4. The molecule has 23 heavy (non-hydrogen) atoms. The van der Waals surface area contributed by atoms with Crippen molar-refractivity contribution in [3.8, 4) is 0 Å². The Kier molecular flexibility index (Phi) is 4.88. The highest BCUT2D eigenvalue weighted by Crippen LogP contribution is 2.15. The summed E-state index contributed by atoms with van der Waals surface area (Å²) in [5, 5.41) is 3.94. The molecular weight excluding hydrogens is 292 g/mol. The Morgan fingerprint density at radius 2 is 2.30 bits per heavy atom. The zero-order valence-electron chi connectivity index (χ0n) is 13.5. The smallest absolute Gasteiger partial charge is 0.251 e. The highest BCUT2D eigenvalue weighted by Gasteiger charge is 2.18. The Hall–Kier alpha value is -1.98. The highest BCUT2D eigenvalue weighted by molar-refractivity contribution is 5.98. The van der Waals surface area contributed by atoms with Gasteiger partial charge in [0.1, 0.15) is 0 Å². The van der Waals surface area contributed by atoms with E-state index in [9.17, 15) is 4.79 Å². The van der Waals surface area contributed by atoms with Crippen LogP contribution in [0.15, 0.2) is 30.3 Å². The van der Waals surface area contributed by atoms with Gasteiger partial charge >= 0.3 is 0 Å². The highest BCUT2D eigenvalue weighted by atomic mass is 16.5. The zero-order valence-corrected chi connectivity index (χ0v) is 13.5. The van der Waals surface area contributed by atoms with Gasteiger partial charge in [0.05, 0.1) is 24.8 Å². The standard InChI is InChI=1S/C18H22N2O3/c1-12-3-4-14-9-15(5-6-17(14)19-12)18(21)20-13(2)10-23-16-7-8-22-11-16/h3-6,9,13,16H,7-8,10-11H2,1-2H3,(H,20,21)/t13-,16+/m1/s1. The zero-order chi connectivity index (χ0) is 16.2. The topological polar surface area (TPSA) is 60.5 Å². The van der Waals surface area contributed by atoms with E-state index >= 15 is 0 Å². The van der Waals surface area contributed by atoms with E-state index in [1.165, 1.54) is 0 Å². The number of amides is 1. The van der Waals surface area contributed by atoms with Crippen molar-refractivity contribution in [2.75, 3.05) is 19.8 Å². The molecule has 0 saturated carbocycles. The third-order valence-electron chi connectivity index (χ3n) is 3.94. The third-order valence-corrected chi connectivity index (χ3v) is 3.94. The van der Waals surface area contributed by atoms with Crippen molar-refractivity contribution in [3.05, 3.63) is 41.6 Å². The number of carbonyl (C=O) groups is 1. The van der Waals surface area contributed by atoms with E-state index in [4.69, 9.17) is 9.47 Å². The van der Waals surface area contributed by atoms with Crippen LogP contribution in [0.2, 0.25) is 0 Å². The normalized spacial score (nSPS) is 19.0. The maximum Gasteiger partial charge on any atom is 0.251 e. The molecule has 1 aliphatic rings. The first-order valence-electron chi connectivity index (χ1n) is 7.99. The first-order chi connectivity index (χ1) is 11.1. The lowest BCUT2D eigenvalue weighted by atomic mass is 10.1. The van der Waals surface area contributed by atoms with Gasteiger partial charge in [-0.15, -0.1) is 0 Å². The Balaban J connectivity index is 1.59. The van der Waals surface area contributed by atoms with Crippen molar-refractivity contribution in [1.29, 1.82) is 0 Å². The maximum absolute atomic E-state index is 12.4. The van der Waals surface area contributed by atoms with Crippen LogP contribution in [-0.2, 0) is 9.47 Å². The van der Waals surface area contributed by atoms with E-state index in [0.717, 1.165) is 29.6 Å². The van der Waals surface area contributed by atoms with Gasteiger partial charge in [-0.2, -0.15) is 0 Å². The quantitative estimate of drug-likeness (QED) is 0.921. The van der Waals surface area contributed by atoms with Gasteiger partial charge in [0.25, 0.3) is 5.91 Å². The van der Waals surface area contributed by atoms with Crippen LogP contribution < -0.4 is 5.32 Å². The summed E-state index contributed by atoms with van der Waals surface area (Å²) in [4.78, 5) is 16.8. The summed E-state index contributed by atoms with van der Waals surface area (Å²) in [6, 6.07) is 9.45. The monoisotopic (exact) mass is 314 g/mol. The number of nitrogens with one attached hydrogen (secondary N) is 1. The molecule has 0 spiro atoms. The maximum atomic E-state index is 12.4. The molecule has 1 aromatic heterocycles. The fraction of sp³-hybridized carbons (Fsp3) is 0.444. The molecule has 2 atom stereocenters. The average molecular weight is 314 g/mol. The van der Waals surface area contributed by atoms with Crippen molar-refractivity contribution in [1.82, 2.24) is 10.3 Å². The van der Waals surface area contributed by atoms with Crippen LogP contribution >= 0.6 is 0 Å². The Labute approximate surface area is 136 Å². The number of benzene rings is 1. The molecule has 0 unspecified atom stereocenters. The predicted molar refractivity (Wildman–Crippen MR) is 88.6 cm³/mol. The van der Waals surface area contributed by atoms with E-state index in [0.29, 0.717) is 18.8 Å². The summed E-state index contributed by atoms with van der Waals surface area (Å²) < 4.78 is 11.0. The van der Waals surface area contributed by atoms with E-state index in [2.05, 4.69) is 10.3 Å². The molecule has 1 N–H and O–H groups in total. The van der Waals surface area contributed by atoms with Gasteiger partial charge in [-0.1, -0.05) is 6.07 Å². The fourth-order valence-corrected chi connectivity index (χ4v) is 2.64. The second kappa shape index (κ2) is 7.06. The third kappa shape index (κ3) is 4.06. The minimum absolute atomic E-state index is 0.0464. The summed E-state index contributed by atoms with van der Waals surface area (Å²) in [5.74, 6) is -0.0914. The van der Waals surface area contributed by atoms with Gasteiger partial charge < -0.3 is 14.8 Å². The van der Waals surface area contributed by atoms with Gasteiger partial charge in [0, 0.05) is 29.3 Å². The van der Waals surface area contributed by atoms with Crippen LogP contribution in [-0.4, -0.2) is 42.9 Å². The van der Waals surface area contributed by atoms with Gasteiger partial charge in [-0.05, 0) is 44.5 Å². The molecule has 0 aliphatic carbocycles. The molecule has 1 fully saturated rings. The molecule has 2 aromatic rings. The first kappa shape index (κ1) is 15.9. The number of hydrogen-bond donors (Lipinski definition) is 1. The van der Waals surface area contributed by atoms with Crippen molar-refractivity contribution in [3.63, 3.8) is 0 Å². The lowest BCUT2D eigenvalue weighted by Crippen LogP contribution is -2.37. The van der Waals surface area contributed by atoms with Gasteiger partial charge in [-0.3, -0.25) is 9.78 Å². The lowest BCUT2D eigenvalue weighted by molar-refractivity contribution is 0.0318. The van der Waals surface area contributed by atoms with Crippen LogP contribution in [0.4, 0.5) is 0 Å². The molecule has 0 bridgehead atoms. The lowest BCUT2D eigenvalue weighted by Gasteiger charge is -2.17. The summed E-state index contributed by atoms with van der Waals surface area (Å²) in [6.45, 7) is 5.80. The minimum atomic E-state index is -0.0914. The molecule has 5 nitrogen and oxygen atoms in total. The van der Waals surface area contributed by atoms with Crippen LogP contribution in [0, 0.1) is 6.92 Å². The molecule has 5 heteroatoms. The number of nitrogens with zero attached hydrogens (tertiary/aromatic N) is 1. The number of carbonyl (C=O) groups excluding carboxylic acids is 1. The van der Waals surface area contributed by atoms with Gasteiger partial charge in [-0.25, -0.2) is 0 Å². The van der Waals surface area contributed by atoms with E-state index in [-0.39, 0.29) is 18.1 Å².